The number of sulfonamides is 1. The molecule has 2 heterocycles. The molecule has 1 aromatic heterocycles. The van der Waals surface area contributed by atoms with Crippen molar-refractivity contribution in [3.05, 3.63) is 52.9 Å². The van der Waals surface area contributed by atoms with Gasteiger partial charge in [0.1, 0.15) is 4.21 Å². The largest absolute Gasteiger partial charge is 0.371 e. The topological polar surface area (TPSA) is 58.6 Å². The highest BCUT2D eigenvalue weighted by atomic mass is 32.2. The minimum atomic E-state index is -3.38. The Morgan fingerprint density at radius 1 is 1.23 bits per heavy atom. The van der Waals surface area contributed by atoms with E-state index in [0.29, 0.717) is 17.4 Å². The van der Waals surface area contributed by atoms with E-state index in [2.05, 4.69) is 21.8 Å². The van der Waals surface area contributed by atoms with Crippen LogP contribution in [0.2, 0.25) is 0 Å². The van der Waals surface area contributed by atoms with Gasteiger partial charge in [0.05, 0.1) is 12.7 Å². The van der Waals surface area contributed by atoms with Gasteiger partial charge in [-0.2, -0.15) is 0 Å². The van der Waals surface area contributed by atoms with Crippen molar-refractivity contribution in [2.24, 2.45) is 0 Å². The molecule has 1 saturated heterocycles. The molecule has 0 saturated carbocycles. The van der Waals surface area contributed by atoms with Gasteiger partial charge in [-0.1, -0.05) is 37.3 Å². The maximum absolute atomic E-state index is 12.3. The van der Waals surface area contributed by atoms with E-state index in [1.165, 1.54) is 16.9 Å². The molecule has 1 unspecified atom stereocenters. The van der Waals surface area contributed by atoms with E-state index in [-0.39, 0.29) is 6.10 Å². The maximum Gasteiger partial charge on any atom is 0.250 e. The molecule has 1 N–H and O–H groups in total. The number of nitrogens with one attached hydrogen (secondary N) is 1. The quantitative estimate of drug-likeness (QED) is 0.699. The van der Waals surface area contributed by atoms with Gasteiger partial charge in [0.2, 0.25) is 10.0 Å². The van der Waals surface area contributed by atoms with Gasteiger partial charge in [0, 0.05) is 24.5 Å². The molecule has 1 aliphatic heterocycles. The van der Waals surface area contributed by atoms with Crippen molar-refractivity contribution in [1.82, 2.24) is 9.62 Å². The third-order valence-electron chi connectivity index (χ3n) is 4.52. The van der Waals surface area contributed by atoms with Gasteiger partial charge in [0.15, 0.2) is 0 Å². The first-order valence-corrected chi connectivity index (χ1v) is 11.4. The molecule has 1 fully saturated rings. The predicted octanol–water partition coefficient (Wildman–Crippen LogP) is 3.05. The normalized spacial score (nSPS) is 18.9. The highest BCUT2D eigenvalue weighted by molar-refractivity contribution is 7.91. The smallest absolute Gasteiger partial charge is 0.250 e. The third kappa shape index (κ3) is 5.14. The van der Waals surface area contributed by atoms with Gasteiger partial charge < -0.3 is 4.74 Å². The summed E-state index contributed by atoms with van der Waals surface area (Å²) in [7, 11) is -3.38. The molecule has 5 nitrogen and oxygen atoms in total. The zero-order valence-corrected chi connectivity index (χ0v) is 16.7. The van der Waals surface area contributed by atoms with Crippen LogP contribution in [0, 0.1) is 0 Å². The van der Waals surface area contributed by atoms with Crippen LogP contribution < -0.4 is 4.72 Å². The zero-order chi connectivity index (χ0) is 18.4. The molecule has 0 aliphatic carbocycles. The van der Waals surface area contributed by atoms with Crippen molar-refractivity contribution in [2.45, 2.75) is 30.1 Å². The van der Waals surface area contributed by atoms with Crippen LogP contribution in [0.5, 0.6) is 0 Å². The van der Waals surface area contributed by atoms with Crippen molar-refractivity contribution < 1.29 is 13.2 Å². The molecule has 7 heteroatoms. The van der Waals surface area contributed by atoms with E-state index >= 15 is 0 Å². The van der Waals surface area contributed by atoms with Crippen molar-refractivity contribution in [3.8, 4) is 0 Å². The van der Waals surface area contributed by atoms with Gasteiger partial charge in [-0.05, 0) is 37.1 Å². The molecule has 2 aromatic rings. The predicted molar refractivity (Wildman–Crippen MR) is 105 cm³/mol. The number of ether oxygens (including phenoxy) is 1. The second kappa shape index (κ2) is 9.10. The summed E-state index contributed by atoms with van der Waals surface area (Å²) in [5, 5.41) is 0. The van der Waals surface area contributed by atoms with Crippen LogP contribution in [0.3, 0.4) is 0 Å². The lowest BCUT2D eigenvalue weighted by atomic mass is 10.1. The number of morpholine rings is 1. The van der Waals surface area contributed by atoms with E-state index in [0.717, 1.165) is 37.4 Å². The first-order valence-electron chi connectivity index (χ1n) is 9.06. The number of hydrogen-bond donors (Lipinski definition) is 1. The van der Waals surface area contributed by atoms with Crippen molar-refractivity contribution >= 4 is 21.4 Å². The SMILES string of the molecule is CCc1ccc(S(=O)(=O)NCCCN2CCOC(c3ccccc3)C2)s1. The second-order valence-electron chi connectivity index (χ2n) is 6.40. The highest BCUT2D eigenvalue weighted by Gasteiger charge is 2.22. The molecule has 1 atom stereocenters. The zero-order valence-electron chi connectivity index (χ0n) is 15.1. The van der Waals surface area contributed by atoms with Crippen LogP contribution >= 0.6 is 11.3 Å². The summed E-state index contributed by atoms with van der Waals surface area (Å²) in [6.45, 7) is 5.79. The highest BCUT2D eigenvalue weighted by Crippen LogP contribution is 2.23. The molecule has 0 radical (unpaired) electrons. The standard InChI is InChI=1S/C19H26N2O3S2/c1-2-17-9-10-19(25-17)26(22,23)20-11-6-12-21-13-14-24-18(15-21)16-7-4-3-5-8-16/h3-5,7-10,18,20H,2,6,11-15H2,1H3. The Kier molecular flexibility index (Phi) is 6.83. The van der Waals surface area contributed by atoms with Crippen molar-refractivity contribution in [2.75, 3.05) is 32.8 Å². The van der Waals surface area contributed by atoms with Crippen LogP contribution in [-0.4, -0.2) is 46.1 Å². The number of nitrogens with zero attached hydrogens (tertiary/aromatic N) is 1. The van der Waals surface area contributed by atoms with Gasteiger partial charge in [-0.25, -0.2) is 13.1 Å². The molecule has 142 valence electrons. The lowest BCUT2D eigenvalue weighted by Gasteiger charge is -2.33. The Morgan fingerprint density at radius 3 is 2.77 bits per heavy atom. The van der Waals surface area contributed by atoms with Gasteiger partial charge in [-0.15, -0.1) is 11.3 Å². The lowest BCUT2D eigenvalue weighted by Crippen LogP contribution is -2.39. The van der Waals surface area contributed by atoms with E-state index < -0.39 is 10.0 Å². The molecule has 0 bridgehead atoms. The fourth-order valence-corrected chi connectivity index (χ4v) is 5.46. The second-order valence-corrected chi connectivity index (χ2v) is 9.56. The average molecular weight is 395 g/mol. The maximum atomic E-state index is 12.3. The first-order chi connectivity index (χ1) is 12.6. The van der Waals surface area contributed by atoms with E-state index in [9.17, 15) is 8.42 Å². The average Bonchev–Trinajstić information content (AvgIpc) is 3.17. The number of aryl methyl sites for hydroxylation is 1. The van der Waals surface area contributed by atoms with Gasteiger partial charge in [0.25, 0.3) is 0 Å². The van der Waals surface area contributed by atoms with Crippen LogP contribution in [0.4, 0.5) is 0 Å². The van der Waals surface area contributed by atoms with Gasteiger partial charge in [-0.3, -0.25) is 4.90 Å². The summed E-state index contributed by atoms with van der Waals surface area (Å²) >= 11 is 1.35. The van der Waals surface area contributed by atoms with Crippen LogP contribution in [0.1, 0.15) is 29.9 Å². The minimum absolute atomic E-state index is 0.0974. The summed E-state index contributed by atoms with van der Waals surface area (Å²) in [6.07, 6.45) is 1.74. The van der Waals surface area contributed by atoms with Gasteiger partial charge >= 0.3 is 0 Å². The van der Waals surface area contributed by atoms with E-state index in [1.54, 1.807) is 6.07 Å². The molecule has 1 aliphatic rings. The number of hydrogen-bond acceptors (Lipinski definition) is 5. The van der Waals surface area contributed by atoms with E-state index in [1.807, 2.05) is 31.2 Å². The Balaban J connectivity index is 1.44. The molecule has 0 amide bonds. The van der Waals surface area contributed by atoms with E-state index in [4.69, 9.17) is 4.74 Å². The van der Waals surface area contributed by atoms with Crippen LogP contribution in [0.15, 0.2) is 46.7 Å². The van der Waals surface area contributed by atoms with Crippen LogP contribution in [-0.2, 0) is 21.2 Å². The molecular weight excluding hydrogens is 368 g/mol. The number of thiophene rings is 1. The fraction of sp³-hybridized carbons (Fsp3) is 0.474. The Labute approximate surface area is 160 Å². The van der Waals surface area contributed by atoms with Crippen molar-refractivity contribution in [1.29, 1.82) is 0 Å². The number of rotatable bonds is 8. The molecule has 3 rings (SSSR count). The molecule has 1 aromatic carbocycles. The molecule has 26 heavy (non-hydrogen) atoms. The summed E-state index contributed by atoms with van der Waals surface area (Å²) in [5.41, 5.74) is 1.20. The van der Waals surface area contributed by atoms with Crippen LogP contribution in [0.25, 0.3) is 0 Å². The lowest BCUT2D eigenvalue weighted by molar-refractivity contribution is -0.0300. The molecule has 0 spiro atoms. The Hall–Kier alpha value is -1.25. The summed E-state index contributed by atoms with van der Waals surface area (Å²) in [4.78, 5) is 3.43. The Bertz CT molecular complexity index is 790. The fourth-order valence-electron chi connectivity index (χ4n) is 3.05. The van der Waals surface area contributed by atoms with Crippen molar-refractivity contribution in [3.63, 3.8) is 0 Å². The summed E-state index contributed by atoms with van der Waals surface area (Å²) < 4.78 is 33.6. The first kappa shape index (κ1) is 19.5. The number of benzene rings is 1. The monoisotopic (exact) mass is 394 g/mol. The summed E-state index contributed by atoms with van der Waals surface area (Å²) in [6, 6.07) is 13.8. The summed E-state index contributed by atoms with van der Waals surface area (Å²) in [5.74, 6) is 0. The Morgan fingerprint density at radius 2 is 2.04 bits per heavy atom. The minimum Gasteiger partial charge on any atom is -0.371 e. The third-order valence-corrected chi connectivity index (χ3v) is 7.70. The molecular formula is C19H26N2O3S2.